The van der Waals surface area contributed by atoms with Crippen molar-refractivity contribution in [3.8, 4) is 0 Å². The third kappa shape index (κ3) is 4.78. The summed E-state index contributed by atoms with van der Waals surface area (Å²) in [6.07, 6.45) is 2.32. The zero-order valence-corrected chi connectivity index (χ0v) is 12.2. The van der Waals surface area contributed by atoms with Gasteiger partial charge in [0, 0.05) is 25.8 Å². The first-order chi connectivity index (χ1) is 8.71. The fraction of sp³-hybridized carbons (Fsp3) is 0.692. The lowest BCUT2D eigenvalue weighted by Gasteiger charge is -2.22. The van der Waals surface area contributed by atoms with E-state index in [1.165, 1.54) is 6.42 Å². The van der Waals surface area contributed by atoms with Gasteiger partial charge in [0.1, 0.15) is 17.6 Å². The summed E-state index contributed by atoms with van der Waals surface area (Å²) in [6.45, 7) is 9.23. The van der Waals surface area contributed by atoms with E-state index in [9.17, 15) is 0 Å². The van der Waals surface area contributed by atoms with Crippen LogP contribution in [0.1, 0.15) is 39.4 Å². The molecule has 0 spiro atoms. The maximum absolute atomic E-state index is 6.03. The number of hydrogen-bond acceptors (Lipinski definition) is 4. The quantitative estimate of drug-likeness (QED) is 0.680. The van der Waals surface area contributed by atoms with Crippen molar-refractivity contribution in [2.75, 3.05) is 24.6 Å². The SMILES string of the molecule is CCCCN(CC)c1cc(Cl)nc(COCC)n1. The summed E-state index contributed by atoms with van der Waals surface area (Å²) >= 11 is 6.03. The lowest BCUT2D eigenvalue weighted by atomic mass is 10.3. The van der Waals surface area contributed by atoms with Crippen molar-refractivity contribution in [1.29, 1.82) is 0 Å². The fourth-order valence-electron chi connectivity index (χ4n) is 1.66. The average Bonchev–Trinajstić information content (AvgIpc) is 2.37. The summed E-state index contributed by atoms with van der Waals surface area (Å²) in [4.78, 5) is 10.9. The molecule has 0 aliphatic carbocycles. The van der Waals surface area contributed by atoms with Crippen LogP contribution in [-0.2, 0) is 11.3 Å². The van der Waals surface area contributed by atoms with Gasteiger partial charge < -0.3 is 9.64 Å². The highest BCUT2D eigenvalue weighted by molar-refractivity contribution is 6.29. The van der Waals surface area contributed by atoms with Crippen LogP contribution >= 0.6 is 11.6 Å². The van der Waals surface area contributed by atoms with Gasteiger partial charge in [-0.05, 0) is 20.3 Å². The molecular formula is C13H22ClN3O. The molecule has 0 aromatic carbocycles. The fourth-order valence-corrected chi connectivity index (χ4v) is 1.85. The molecule has 0 radical (unpaired) electrons. The van der Waals surface area contributed by atoms with Gasteiger partial charge in [-0.2, -0.15) is 0 Å². The van der Waals surface area contributed by atoms with E-state index in [0.29, 0.717) is 24.2 Å². The lowest BCUT2D eigenvalue weighted by Crippen LogP contribution is -2.25. The molecule has 5 heteroatoms. The van der Waals surface area contributed by atoms with E-state index in [4.69, 9.17) is 16.3 Å². The Bertz CT molecular complexity index is 360. The molecule has 0 unspecified atom stereocenters. The van der Waals surface area contributed by atoms with Crippen LogP contribution in [0.5, 0.6) is 0 Å². The van der Waals surface area contributed by atoms with E-state index in [2.05, 4.69) is 28.7 Å². The van der Waals surface area contributed by atoms with Crippen LogP contribution in [0.3, 0.4) is 0 Å². The Morgan fingerprint density at radius 1 is 1.28 bits per heavy atom. The first-order valence-corrected chi connectivity index (χ1v) is 6.95. The molecule has 4 nitrogen and oxygen atoms in total. The minimum Gasteiger partial charge on any atom is -0.374 e. The van der Waals surface area contributed by atoms with Crippen LogP contribution in [0, 0.1) is 0 Å². The largest absolute Gasteiger partial charge is 0.374 e. The minimum atomic E-state index is 0.412. The molecule has 0 saturated heterocycles. The van der Waals surface area contributed by atoms with Crippen molar-refractivity contribution in [1.82, 2.24) is 9.97 Å². The van der Waals surface area contributed by atoms with E-state index >= 15 is 0 Å². The molecule has 0 aliphatic heterocycles. The summed E-state index contributed by atoms with van der Waals surface area (Å²) in [5, 5.41) is 0.477. The molecule has 1 heterocycles. The number of nitrogens with zero attached hydrogens (tertiary/aromatic N) is 3. The molecule has 0 aliphatic rings. The molecule has 1 aromatic rings. The van der Waals surface area contributed by atoms with Gasteiger partial charge in [0.05, 0.1) is 0 Å². The Kier molecular flexibility index (Phi) is 6.98. The second-order valence-corrected chi connectivity index (χ2v) is 4.42. The van der Waals surface area contributed by atoms with Gasteiger partial charge in [-0.15, -0.1) is 0 Å². The van der Waals surface area contributed by atoms with Crippen molar-refractivity contribution in [2.24, 2.45) is 0 Å². The zero-order chi connectivity index (χ0) is 13.4. The Morgan fingerprint density at radius 2 is 2.06 bits per heavy atom. The van der Waals surface area contributed by atoms with Gasteiger partial charge >= 0.3 is 0 Å². The van der Waals surface area contributed by atoms with Gasteiger partial charge in [-0.3, -0.25) is 0 Å². The van der Waals surface area contributed by atoms with Crippen LogP contribution in [0.2, 0.25) is 5.15 Å². The van der Waals surface area contributed by atoms with Crippen LogP contribution in [0.15, 0.2) is 6.07 Å². The summed E-state index contributed by atoms with van der Waals surface area (Å²) in [5.41, 5.74) is 0. The number of halogens is 1. The first kappa shape index (κ1) is 15.2. The lowest BCUT2D eigenvalue weighted by molar-refractivity contribution is 0.128. The predicted molar refractivity (Wildman–Crippen MR) is 75.2 cm³/mol. The number of rotatable bonds is 8. The van der Waals surface area contributed by atoms with Crippen molar-refractivity contribution < 1.29 is 4.74 Å². The maximum atomic E-state index is 6.03. The average molecular weight is 272 g/mol. The topological polar surface area (TPSA) is 38.2 Å². The zero-order valence-electron chi connectivity index (χ0n) is 11.4. The van der Waals surface area contributed by atoms with Crippen LogP contribution in [-0.4, -0.2) is 29.7 Å². The molecule has 0 amide bonds. The summed E-state index contributed by atoms with van der Waals surface area (Å²) < 4.78 is 5.32. The van der Waals surface area contributed by atoms with E-state index in [1.54, 1.807) is 0 Å². The molecule has 0 fully saturated rings. The number of anilines is 1. The Balaban J connectivity index is 2.81. The molecule has 0 bridgehead atoms. The normalized spacial score (nSPS) is 10.7. The molecule has 0 saturated carbocycles. The highest BCUT2D eigenvalue weighted by Gasteiger charge is 2.09. The second kappa shape index (κ2) is 8.27. The minimum absolute atomic E-state index is 0.412. The number of ether oxygens (including phenoxy) is 1. The van der Waals surface area contributed by atoms with E-state index in [1.807, 2.05) is 13.0 Å². The van der Waals surface area contributed by atoms with Gasteiger partial charge in [-0.25, -0.2) is 9.97 Å². The van der Waals surface area contributed by atoms with Crippen molar-refractivity contribution in [3.05, 3.63) is 17.0 Å². The summed E-state index contributed by atoms with van der Waals surface area (Å²) in [6, 6.07) is 1.82. The monoisotopic (exact) mass is 271 g/mol. The smallest absolute Gasteiger partial charge is 0.158 e. The third-order valence-electron chi connectivity index (χ3n) is 2.65. The first-order valence-electron chi connectivity index (χ1n) is 6.57. The summed E-state index contributed by atoms with van der Waals surface area (Å²) in [5.74, 6) is 1.54. The Labute approximate surface area is 114 Å². The van der Waals surface area contributed by atoms with E-state index in [0.717, 1.165) is 25.3 Å². The second-order valence-electron chi connectivity index (χ2n) is 4.04. The standard InChI is InChI=1S/C13H22ClN3O/c1-4-7-8-17(5-2)13-9-11(14)15-12(16-13)10-18-6-3/h9H,4-8,10H2,1-3H3. The highest BCUT2D eigenvalue weighted by Crippen LogP contribution is 2.17. The Hall–Kier alpha value is -0.870. The van der Waals surface area contributed by atoms with Gasteiger partial charge in [0.25, 0.3) is 0 Å². The highest BCUT2D eigenvalue weighted by atomic mass is 35.5. The van der Waals surface area contributed by atoms with Crippen LogP contribution < -0.4 is 4.90 Å². The van der Waals surface area contributed by atoms with Crippen molar-refractivity contribution in [2.45, 2.75) is 40.2 Å². The van der Waals surface area contributed by atoms with Crippen molar-refractivity contribution in [3.63, 3.8) is 0 Å². The molecular weight excluding hydrogens is 250 g/mol. The van der Waals surface area contributed by atoms with E-state index in [-0.39, 0.29) is 0 Å². The van der Waals surface area contributed by atoms with Gasteiger partial charge in [0.15, 0.2) is 5.82 Å². The van der Waals surface area contributed by atoms with Gasteiger partial charge in [-0.1, -0.05) is 24.9 Å². The van der Waals surface area contributed by atoms with Gasteiger partial charge in [0.2, 0.25) is 0 Å². The van der Waals surface area contributed by atoms with Crippen LogP contribution in [0.25, 0.3) is 0 Å². The molecule has 0 N–H and O–H groups in total. The third-order valence-corrected chi connectivity index (χ3v) is 2.84. The molecule has 0 atom stereocenters. The predicted octanol–water partition coefficient (Wildman–Crippen LogP) is 3.29. The summed E-state index contributed by atoms with van der Waals surface area (Å²) in [7, 11) is 0. The van der Waals surface area contributed by atoms with Crippen LogP contribution in [0.4, 0.5) is 5.82 Å². The molecule has 1 aromatic heterocycles. The molecule has 1 rings (SSSR count). The number of aromatic nitrogens is 2. The van der Waals surface area contributed by atoms with Crippen molar-refractivity contribution >= 4 is 17.4 Å². The van der Waals surface area contributed by atoms with E-state index < -0.39 is 0 Å². The Morgan fingerprint density at radius 3 is 2.67 bits per heavy atom. The molecule has 18 heavy (non-hydrogen) atoms. The molecule has 102 valence electrons. The maximum Gasteiger partial charge on any atom is 0.158 e. The number of unbranched alkanes of at least 4 members (excludes halogenated alkanes) is 1. The number of hydrogen-bond donors (Lipinski definition) is 0.